The summed E-state index contributed by atoms with van der Waals surface area (Å²) in [7, 11) is 0. The zero-order valence-corrected chi connectivity index (χ0v) is 13.5. The third-order valence-corrected chi connectivity index (χ3v) is 3.88. The number of aromatic amines is 2. The van der Waals surface area contributed by atoms with Crippen molar-refractivity contribution in [2.24, 2.45) is 5.16 Å². The molecule has 2 N–H and O–H groups in total. The van der Waals surface area contributed by atoms with Crippen LogP contribution in [0.4, 0.5) is 0 Å². The largest absolute Gasteiger partial charge is 0.391 e. The Balaban J connectivity index is 1.65. The highest BCUT2D eigenvalue weighted by Gasteiger charge is 2.09. The molecule has 0 aliphatic rings. The van der Waals surface area contributed by atoms with Crippen molar-refractivity contribution in [1.29, 1.82) is 0 Å². The zero-order valence-electron chi connectivity index (χ0n) is 13.5. The Labute approximate surface area is 146 Å². The number of benzene rings is 2. The third kappa shape index (κ3) is 2.95. The Morgan fingerprint density at radius 2 is 1.96 bits per heavy atom. The molecule has 0 radical (unpaired) electrons. The van der Waals surface area contributed by atoms with E-state index in [4.69, 9.17) is 4.84 Å². The van der Waals surface area contributed by atoms with Gasteiger partial charge in [0, 0.05) is 5.39 Å². The molecule has 8 heteroatoms. The lowest BCUT2D eigenvalue weighted by Gasteiger charge is -1.99. The van der Waals surface area contributed by atoms with Gasteiger partial charge in [0.25, 0.3) is 5.56 Å². The van der Waals surface area contributed by atoms with Crippen LogP contribution in [-0.2, 0) is 11.4 Å². The molecule has 2 aromatic carbocycles. The number of nitrogens with one attached hydrogen (secondary N) is 2. The van der Waals surface area contributed by atoms with Crippen LogP contribution in [0.1, 0.15) is 11.1 Å². The maximum atomic E-state index is 12.5. The van der Waals surface area contributed by atoms with Gasteiger partial charge in [-0.15, -0.1) is 5.10 Å². The van der Waals surface area contributed by atoms with Crippen molar-refractivity contribution in [3.63, 3.8) is 0 Å². The van der Waals surface area contributed by atoms with Crippen LogP contribution >= 0.6 is 0 Å². The maximum Gasteiger partial charge on any atom is 0.278 e. The molecule has 0 unspecified atom stereocenters. The van der Waals surface area contributed by atoms with E-state index >= 15 is 0 Å². The lowest BCUT2D eigenvalue weighted by molar-refractivity contribution is 0.132. The number of aromatic nitrogens is 4. The first-order chi connectivity index (χ1) is 12.7. The molecular formula is C18H13N5O3. The minimum absolute atomic E-state index is 0.0207. The summed E-state index contributed by atoms with van der Waals surface area (Å²) in [6.07, 6.45) is 1.52. The molecule has 4 rings (SSSR count). The topological polar surface area (TPSA) is 113 Å². The molecule has 0 atom stereocenters. The van der Waals surface area contributed by atoms with E-state index in [0.29, 0.717) is 23.1 Å². The predicted octanol–water partition coefficient (Wildman–Crippen LogP) is 1.71. The molecule has 2 heterocycles. The fourth-order valence-corrected chi connectivity index (χ4v) is 2.59. The Hall–Kier alpha value is -3.81. The summed E-state index contributed by atoms with van der Waals surface area (Å²) in [5, 5.41) is 13.9. The van der Waals surface area contributed by atoms with Crippen LogP contribution in [0.15, 0.2) is 63.3 Å². The van der Waals surface area contributed by atoms with Crippen LogP contribution in [0.5, 0.6) is 0 Å². The first-order valence-electron chi connectivity index (χ1n) is 7.83. The molecule has 2 aromatic heterocycles. The van der Waals surface area contributed by atoms with Gasteiger partial charge < -0.3 is 9.82 Å². The number of fused-ring (bicyclic) bond motifs is 2. The van der Waals surface area contributed by atoms with Crippen LogP contribution in [0, 0.1) is 0 Å². The molecule has 0 amide bonds. The Kier molecular flexibility index (Phi) is 3.98. The molecule has 8 nitrogen and oxygen atoms in total. The normalized spacial score (nSPS) is 11.4. The summed E-state index contributed by atoms with van der Waals surface area (Å²) in [6.45, 7) is 0.352. The summed E-state index contributed by atoms with van der Waals surface area (Å²) in [5.74, 6) is 0. The van der Waals surface area contributed by atoms with E-state index in [1.165, 1.54) is 6.21 Å². The number of hydrogen-bond donors (Lipinski definition) is 2. The lowest BCUT2D eigenvalue weighted by atomic mass is 10.1. The molecule has 0 bridgehead atoms. The molecule has 0 aliphatic heterocycles. The minimum Gasteiger partial charge on any atom is -0.391 e. The molecule has 0 saturated heterocycles. The summed E-state index contributed by atoms with van der Waals surface area (Å²) < 4.78 is 0. The van der Waals surface area contributed by atoms with E-state index < -0.39 is 5.56 Å². The van der Waals surface area contributed by atoms with E-state index in [1.807, 2.05) is 30.3 Å². The second kappa shape index (κ2) is 6.60. The van der Waals surface area contributed by atoms with Gasteiger partial charge in [-0.05, 0) is 23.3 Å². The van der Waals surface area contributed by atoms with Gasteiger partial charge in [0.1, 0.15) is 12.1 Å². The van der Waals surface area contributed by atoms with E-state index in [0.717, 1.165) is 5.56 Å². The second-order valence-electron chi connectivity index (χ2n) is 5.62. The maximum absolute atomic E-state index is 12.5. The van der Waals surface area contributed by atoms with Crippen molar-refractivity contribution in [3.05, 3.63) is 80.2 Å². The van der Waals surface area contributed by atoms with Gasteiger partial charge in [0.2, 0.25) is 5.43 Å². The average Bonchev–Trinajstić information content (AvgIpc) is 3.12. The number of nitrogens with zero attached hydrogens (tertiary/aromatic N) is 3. The predicted molar refractivity (Wildman–Crippen MR) is 97.1 cm³/mol. The van der Waals surface area contributed by atoms with Gasteiger partial charge >= 0.3 is 0 Å². The monoisotopic (exact) mass is 347 g/mol. The quantitative estimate of drug-likeness (QED) is 0.431. The number of oxime groups is 1. The third-order valence-electron chi connectivity index (χ3n) is 3.88. The molecule has 0 saturated carbocycles. The van der Waals surface area contributed by atoms with Crippen molar-refractivity contribution in [3.8, 4) is 0 Å². The number of rotatable bonds is 4. The van der Waals surface area contributed by atoms with Crippen molar-refractivity contribution in [2.75, 3.05) is 0 Å². The van der Waals surface area contributed by atoms with Gasteiger partial charge in [-0.2, -0.15) is 0 Å². The Morgan fingerprint density at radius 3 is 2.81 bits per heavy atom. The average molecular weight is 347 g/mol. The smallest absolute Gasteiger partial charge is 0.278 e. The molecule has 26 heavy (non-hydrogen) atoms. The molecule has 0 spiro atoms. The van der Waals surface area contributed by atoms with Crippen molar-refractivity contribution in [1.82, 2.24) is 20.4 Å². The van der Waals surface area contributed by atoms with Crippen molar-refractivity contribution in [2.45, 2.75) is 6.61 Å². The number of H-pyrrole nitrogens is 2. The van der Waals surface area contributed by atoms with Crippen molar-refractivity contribution >= 4 is 28.2 Å². The Morgan fingerprint density at radius 1 is 1.12 bits per heavy atom. The van der Waals surface area contributed by atoms with Gasteiger partial charge in [0.05, 0.1) is 11.7 Å². The highest BCUT2D eigenvalue weighted by molar-refractivity contribution is 5.91. The van der Waals surface area contributed by atoms with E-state index in [1.54, 1.807) is 18.2 Å². The van der Waals surface area contributed by atoms with E-state index in [-0.39, 0.29) is 16.5 Å². The van der Waals surface area contributed by atoms with E-state index in [9.17, 15) is 9.59 Å². The standard InChI is InChI=1S/C18H13N5O3/c24-17-13-7-6-12(9-19-26-10-11-4-2-1-3-5-11)8-14(13)20-18(25)16-15(17)21-23-22-16/h1-9H,10H2,(H,20,25)(H,21,22,23). The van der Waals surface area contributed by atoms with Crippen LogP contribution in [-0.4, -0.2) is 26.6 Å². The first-order valence-corrected chi connectivity index (χ1v) is 7.83. The van der Waals surface area contributed by atoms with Gasteiger partial charge in [-0.3, -0.25) is 14.7 Å². The highest BCUT2D eigenvalue weighted by atomic mass is 16.6. The van der Waals surface area contributed by atoms with E-state index in [2.05, 4.69) is 25.6 Å². The van der Waals surface area contributed by atoms with Gasteiger partial charge in [-0.25, -0.2) is 0 Å². The molecule has 0 aliphatic carbocycles. The van der Waals surface area contributed by atoms with Crippen LogP contribution in [0.3, 0.4) is 0 Å². The van der Waals surface area contributed by atoms with Crippen LogP contribution in [0.2, 0.25) is 0 Å². The summed E-state index contributed by atoms with van der Waals surface area (Å²) in [4.78, 5) is 32.6. The van der Waals surface area contributed by atoms with Gasteiger partial charge in [-0.1, -0.05) is 46.8 Å². The second-order valence-corrected chi connectivity index (χ2v) is 5.62. The van der Waals surface area contributed by atoms with Crippen LogP contribution in [0.25, 0.3) is 21.9 Å². The first kappa shape index (κ1) is 15.7. The minimum atomic E-state index is -0.490. The molecule has 0 fully saturated rings. The zero-order chi connectivity index (χ0) is 17.9. The molecule has 4 aromatic rings. The van der Waals surface area contributed by atoms with Crippen molar-refractivity contribution < 1.29 is 4.84 Å². The summed E-state index contributed by atoms with van der Waals surface area (Å²) in [6, 6.07) is 14.6. The molecular weight excluding hydrogens is 334 g/mol. The SMILES string of the molecule is O=c1[nH]c2cc(C=NOCc3ccccc3)ccc2c(=O)c2[nH]nnc12. The lowest BCUT2D eigenvalue weighted by Crippen LogP contribution is -2.02. The van der Waals surface area contributed by atoms with Gasteiger partial charge in [0.15, 0.2) is 5.52 Å². The highest BCUT2D eigenvalue weighted by Crippen LogP contribution is 2.10. The fourth-order valence-electron chi connectivity index (χ4n) is 2.59. The summed E-state index contributed by atoms with van der Waals surface area (Å²) >= 11 is 0. The Bertz CT molecular complexity index is 1230. The number of hydrogen-bond acceptors (Lipinski definition) is 6. The molecule has 128 valence electrons. The fraction of sp³-hybridized carbons (Fsp3) is 0.0556. The van der Waals surface area contributed by atoms with Crippen LogP contribution < -0.4 is 11.0 Å². The summed E-state index contributed by atoms with van der Waals surface area (Å²) in [5.41, 5.74) is 1.30.